The van der Waals surface area contributed by atoms with Crippen LogP contribution in [0.15, 0.2) is 108 Å². The average Bonchev–Trinajstić information content (AvgIpc) is 3.39. The minimum Gasteiger partial charge on any atom is -0.365 e. The summed E-state index contributed by atoms with van der Waals surface area (Å²) in [5.41, 5.74) is 7.55. The molecule has 51 heavy (non-hydrogen) atoms. The molecule has 2 unspecified atom stereocenters. The van der Waals surface area contributed by atoms with Crippen LogP contribution in [0.5, 0.6) is 0 Å². The van der Waals surface area contributed by atoms with Crippen molar-refractivity contribution in [3.8, 4) is 0 Å². The topological polar surface area (TPSA) is 152 Å². The smallest absolute Gasteiger partial charge is 0.352 e. The number of anilines is 2. The number of nitrogens with zero attached hydrogens (tertiary/aromatic N) is 4. The molecular weight excluding hydrogens is 665 g/mol. The molecule has 3 N–H and O–H groups in total. The maximum absolute atomic E-state index is 15.2. The Morgan fingerprint density at radius 2 is 1.61 bits per heavy atom. The van der Waals surface area contributed by atoms with E-state index in [1.807, 2.05) is 47.4 Å². The molecule has 3 amide bonds. The van der Waals surface area contributed by atoms with Crippen LogP contribution in [0.1, 0.15) is 66.7 Å². The fourth-order valence-corrected chi connectivity index (χ4v) is 9.54. The van der Waals surface area contributed by atoms with E-state index in [9.17, 15) is 14.4 Å². The Labute approximate surface area is 298 Å². The van der Waals surface area contributed by atoms with Crippen LogP contribution in [0, 0.1) is 5.92 Å². The molecule has 11 nitrogen and oxygen atoms in total. The molecule has 1 saturated heterocycles. The lowest BCUT2D eigenvalue weighted by atomic mass is 9.94. The molecule has 0 aliphatic carbocycles. The van der Waals surface area contributed by atoms with Crippen molar-refractivity contribution in [3.63, 3.8) is 0 Å². The Bertz CT molecular complexity index is 2090. The van der Waals surface area contributed by atoms with Crippen LogP contribution in [0.3, 0.4) is 0 Å². The number of nitrogens with two attached hydrogens (primary N) is 1. The third kappa shape index (κ3) is 6.93. The number of primary amides is 1. The molecule has 4 aromatic rings. The first kappa shape index (κ1) is 35.6. The zero-order valence-corrected chi connectivity index (χ0v) is 29.8. The van der Waals surface area contributed by atoms with E-state index in [2.05, 4.69) is 36.1 Å². The summed E-state index contributed by atoms with van der Waals surface area (Å²) >= 11 is 0. The van der Waals surface area contributed by atoms with Gasteiger partial charge in [0.05, 0.1) is 18.4 Å². The summed E-state index contributed by atoms with van der Waals surface area (Å²) in [7, 11) is -4.68. The summed E-state index contributed by atoms with van der Waals surface area (Å²) in [6.45, 7) is 6.77. The Hall–Kier alpha value is -5.20. The highest BCUT2D eigenvalue weighted by Crippen LogP contribution is 2.45. The minimum atomic E-state index is -4.68. The van der Waals surface area contributed by atoms with Gasteiger partial charge in [-0.2, -0.15) is 8.42 Å². The van der Waals surface area contributed by atoms with E-state index < -0.39 is 31.8 Å². The molecule has 0 saturated carbocycles. The van der Waals surface area contributed by atoms with Crippen LogP contribution in [0.2, 0.25) is 0 Å². The second kappa shape index (κ2) is 14.2. The summed E-state index contributed by atoms with van der Waals surface area (Å²) in [5.74, 6) is -1.03. The average molecular weight is 708 g/mol. The zero-order valence-electron chi connectivity index (χ0n) is 29.0. The molecule has 0 spiro atoms. The van der Waals surface area contributed by atoms with E-state index in [4.69, 9.17) is 5.73 Å². The fraction of sp³-hybridized carbons (Fsp3) is 0.308. The Morgan fingerprint density at radius 3 is 2.24 bits per heavy atom. The van der Waals surface area contributed by atoms with Gasteiger partial charge in [-0.05, 0) is 61.6 Å². The number of hydrogen-bond acceptors (Lipinski definition) is 8. The normalized spacial score (nSPS) is 21.3. The quantitative estimate of drug-likeness (QED) is 0.165. The van der Waals surface area contributed by atoms with Crippen LogP contribution in [0.25, 0.3) is 0 Å². The number of rotatable bonds is 10. The van der Waals surface area contributed by atoms with Crippen molar-refractivity contribution in [3.05, 3.63) is 126 Å². The molecule has 3 atom stereocenters. The van der Waals surface area contributed by atoms with Gasteiger partial charge in [-0.3, -0.25) is 9.59 Å². The molecule has 2 aliphatic heterocycles. The number of quaternary nitrogens is 1. The van der Waals surface area contributed by atoms with E-state index >= 15 is 8.42 Å². The summed E-state index contributed by atoms with van der Waals surface area (Å²) in [6, 6.07) is 22.8. The van der Waals surface area contributed by atoms with Crippen molar-refractivity contribution in [1.82, 2.24) is 9.97 Å². The van der Waals surface area contributed by atoms with Gasteiger partial charge < -0.3 is 16.0 Å². The lowest BCUT2D eigenvalue weighted by molar-refractivity contribution is -0.757. The first-order valence-electron chi connectivity index (χ1n) is 17.1. The summed E-state index contributed by atoms with van der Waals surface area (Å²) < 4.78 is 29.4. The third-order valence-corrected chi connectivity index (χ3v) is 12.0. The number of nitrogens with one attached hydrogen (secondary N) is 1. The van der Waals surface area contributed by atoms with Gasteiger partial charge in [-0.1, -0.05) is 79.7 Å². The molecule has 0 bridgehead atoms. The minimum absolute atomic E-state index is 0.0316. The largest absolute Gasteiger partial charge is 0.365 e. The summed E-state index contributed by atoms with van der Waals surface area (Å²) in [6.07, 6.45) is 6.04. The molecule has 12 heteroatoms. The van der Waals surface area contributed by atoms with Crippen molar-refractivity contribution >= 4 is 39.4 Å². The molecule has 6 rings (SSSR count). The first-order chi connectivity index (χ1) is 24.3. The van der Waals surface area contributed by atoms with Crippen molar-refractivity contribution in [2.45, 2.75) is 63.1 Å². The molecule has 2 aliphatic rings. The highest BCUT2D eigenvalue weighted by atomic mass is 32.2. The van der Waals surface area contributed by atoms with E-state index in [0.29, 0.717) is 23.8 Å². The van der Waals surface area contributed by atoms with Crippen molar-refractivity contribution in [2.24, 2.45) is 11.7 Å². The van der Waals surface area contributed by atoms with Crippen LogP contribution in [-0.2, 0) is 32.5 Å². The lowest BCUT2D eigenvalue weighted by Crippen LogP contribution is -2.60. The maximum Gasteiger partial charge on any atom is 0.352 e. The van der Waals surface area contributed by atoms with Gasteiger partial charge in [-0.15, -0.1) is 3.89 Å². The molecule has 264 valence electrons. The monoisotopic (exact) mass is 707 g/mol. The fourth-order valence-electron chi connectivity index (χ4n) is 7.58. The van der Waals surface area contributed by atoms with Crippen molar-refractivity contribution in [2.75, 3.05) is 23.3 Å². The molecule has 0 radical (unpaired) electrons. The molecular formula is C39H43N6O5S+. The van der Waals surface area contributed by atoms with Crippen molar-refractivity contribution in [1.29, 1.82) is 0 Å². The first-order valence-corrected chi connectivity index (χ1v) is 18.5. The van der Waals surface area contributed by atoms with E-state index in [-0.39, 0.29) is 59.2 Å². The predicted molar refractivity (Wildman–Crippen MR) is 195 cm³/mol. The Morgan fingerprint density at radius 1 is 0.941 bits per heavy atom. The van der Waals surface area contributed by atoms with Crippen LogP contribution in [0.4, 0.5) is 11.6 Å². The second-order valence-electron chi connectivity index (χ2n) is 14.0. The number of carbonyl (C=O) groups is 3. The molecule has 2 aromatic carbocycles. The highest BCUT2D eigenvalue weighted by Gasteiger charge is 2.57. The third-order valence-electron chi connectivity index (χ3n) is 9.76. The maximum atomic E-state index is 15.2. The Kier molecular flexibility index (Phi) is 9.92. The van der Waals surface area contributed by atoms with E-state index in [0.717, 1.165) is 12.0 Å². The number of aromatic nitrogens is 2. The van der Waals surface area contributed by atoms with Crippen LogP contribution >= 0.6 is 0 Å². The van der Waals surface area contributed by atoms with Gasteiger partial charge in [-0.25, -0.2) is 14.8 Å². The molecule has 1 fully saturated rings. The summed E-state index contributed by atoms with van der Waals surface area (Å²) in [4.78, 5) is 52.3. The van der Waals surface area contributed by atoms with Gasteiger partial charge in [0, 0.05) is 30.3 Å². The molecule has 4 heterocycles. The summed E-state index contributed by atoms with van der Waals surface area (Å²) in [5, 5.41) is 2.33. The Balaban J connectivity index is 1.49. The number of hydrogen-bond donors (Lipinski definition) is 2. The number of sulfonamides is 1. The number of benzene rings is 2. The standard InChI is InChI=1S/C39H42N6O5S/c1-27-25-39(2,3)44(26-27)38-36(37(40)48)30(20-21-41-38)31-17-10-11-22-45(31,35(47)24-29-15-8-5-9-16-29)51(49,50)34-19-12-18-32(43-34)42-33(46)23-28-13-6-4-7-14-28/h4-10,12-21,27,31H,11,22-26H2,1-3H3,(H2-,40,42,43,46,48)/p+1/t27-,31?,45?/m0/s1. The number of amides is 3. The van der Waals surface area contributed by atoms with Gasteiger partial charge in [0.2, 0.25) is 10.9 Å². The highest BCUT2D eigenvalue weighted by molar-refractivity contribution is 7.86. The van der Waals surface area contributed by atoms with Crippen LogP contribution < -0.4 is 16.0 Å². The number of pyridine rings is 2. The SMILES string of the molecule is C[C@@H]1CN(c2nccc(C3C=CCC[N+]3(C(=O)Cc3ccccc3)S(=O)(=O)c3cccc(NC(=O)Cc4ccccc4)n3)c2C(N)=O)C(C)(C)C1. The van der Waals surface area contributed by atoms with Gasteiger partial charge in [0.15, 0.2) is 6.04 Å². The number of carbonyl (C=O) groups excluding carboxylic acids is 3. The van der Waals surface area contributed by atoms with Crippen LogP contribution in [-0.4, -0.2) is 58.6 Å². The van der Waals surface area contributed by atoms with Gasteiger partial charge in [0.25, 0.3) is 5.91 Å². The lowest BCUT2D eigenvalue weighted by Gasteiger charge is -2.42. The van der Waals surface area contributed by atoms with E-state index in [1.165, 1.54) is 18.2 Å². The van der Waals surface area contributed by atoms with E-state index in [1.54, 1.807) is 42.6 Å². The predicted octanol–water partition coefficient (Wildman–Crippen LogP) is 5.36. The zero-order chi connectivity index (χ0) is 36.4. The second-order valence-corrected chi connectivity index (χ2v) is 16.0. The van der Waals surface area contributed by atoms with Crippen molar-refractivity contribution < 1.29 is 26.7 Å². The molecule has 2 aromatic heterocycles. The van der Waals surface area contributed by atoms with Gasteiger partial charge in [0.1, 0.15) is 18.2 Å². The van der Waals surface area contributed by atoms with Gasteiger partial charge >= 0.3 is 15.9 Å².